The summed E-state index contributed by atoms with van der Waals surface area (Å²) >= 11 is 0. The molecule has 1 N–H and O–H groups in total. The lowest BCUT2D eigenvalue weighted by molar-refractivity contribution is -0.155. The van der Waals surface area contributed by atoms with Crippen molar-refractivity contribution in [2.45, 2.75) is 32.0 Å². The van der Waals surface area contributed by atoms with Gasteiger partial charge >= 0.3 is 5.97 Å². The molecule has 4 heteroatoms. The lowest BCUT2D eigenvalue weighted by Crippen LogP contribution is -2.40. The first-order valence-corrected chi connectivity index (χ1v) is 3.71. The molecule has 1 aliphatic rings. The number of hydrogen-bond acceptors (Lipinski definition) is 4. The maximum Gasteiger partial charge on any atom is 0.339 e. The summed E-state index contributed by atoms with van der Waals surface area (Å²) in [4.78, 5) is 11.1. The van der Waals surface area contributed by atoms with Crippen LogP contribution in [0.2, 0.25) is 0 Å². The number of rotatable bonds is 0. The minimum absolute atomic E-state index is 0.512. The molecule has 0 aromatic carbocycles. The predicted octanol–water partition coefficient (Wildman–Crippen LogP) is 0.213. The lowest BCUT2D eigenvalue weighted by Gasteiger charge is -2.22. The average molecular weight is 169 g/mol. The van der Waals surface area contributed by atoms with Crippen molar-refractivity contribution in [3.05, 3.63) is 0 Å². The summed E-state index contributed by atoms with van der Waals surface area (Å²) in [5.41, 5.74) is -2.73. The summed E-state index contributed by atoms with van der Waals surface area (Å²) in [6.07, 6.45) is 0. The minimum atomic E-state index is -1.54. The van der Waals surface area contributed by atoms with Gasteiger partial charge in [0, 0.05) is 5.92 Å². The third-order valence-corrected chi connectivity index (χ3v) is 2.61. The van der Waals surface area contributed by atoms with E-state index in [-0.39, 0.29) is 0 Å². The van der Waals surface area contributed by atoms with E-state index in [0.29, 0.717) is 0 Å². The Morgan fingerprint density at radius 3 is 2.33 bits per heavy atom. The van der Waals surface area contributed by atoms with E-state index in [1.54, 1.807) is 6.92 Å². The monoisotopic (exact) mass is 169 g/mol. The van der Waals surface area contributed by atoms with Crippen LogP contribution in [0.25, 0.3) is 0 Å². The Labute approximate surface area is 70.7 Å². The van der Waals surface area contributed by atoms with E-state index in [1.165, 1.54) is 13.8 Å². The molecule has 0 radical (unpaired) electrons. The molecule has 0 amide bonds. The van der Waals surface area contributed by atoms with Gasteiger partial charge in [0.05, 0.1) is 0 Å². The molecule has 0 aromatic rings. The molecular formula is C8H11NO3. The van der Waals surface area contributed by atoms with Gasteiger partial charge in [-0.2, -0.15) is 5.26 Å². The first kappa shape index (κ1) is 9.01. The van der Waals surface area contributed by atoms with Crippen LogP contribution in [0, 0.1) is 17.2 Å². The third kappa shape index (κ3) is 0.901. The van der Waals surface area contributed by atoms with E-state index < -0.39 is 23.1 Å². The number of aliphatic hydroxyl groups is 1. The normalized spacial score (nSPS) is 46.9. The maximum atomic E-state index is 11.1. The SMILES string of the molecule is C[C@H]1[C@@](C)(O)C(=O)O[C@@]1(C)C#N. The number of nitriles is 1. The number of cyclic esters (lactones) is 1. The summed E-state index contributed by atoms with van der Waals surface area (Å²) < 4.78 is 4.78. The fourth-order valence-corrected chi connectivity index (χ4v) is 1.22. The molecule has 0 unspecified atom stereocenters. The number of esters is 1. The molecule has 0 spiro atoms. The zero-order valence-corrected chi connectivity index (χ0v) is 7.29. The summed E-state index contributed by atoms with van der Waals surface area (Å²) in [7, 11) is 0. The van der Waals surface area contributed by atoms with Crippen molar-refractivity contribution in [2.24, 2.45) is 5.92 Å². The van der Waals surface area contributed by atoms with Crippen molar-refractivity contribution >= 4 is 5.97 Å². The van der Waals surface area contributed by atoms with E-state index in [4.69, 9.17) is 10.00 Å². The third-order valence-electron chi connectivity index (χ3n) is 2.61. The van der Waals surface area contributed by atoms with Crippen LogP contribution in [0.5, 0.6) is 0 Å². The van der Waals surface area contributed by atoms with Crippen LogP contribution >= 0.6 is 0 Å². The molecule has 12 heavy (non-hydrogen) atoms. The first-order valence-electron chi connectivity index (χ1n) is 3.71. The van der Waals surface area contributed by atoms with E-state index in [0.717, 1.165) is 0 Å². The molecule has 1 fully saturated rings. The first-order chi connectivity index (χ1) is 5.34. The zero-order valence-electron chi connectivity index (χ0n) is 7.29. The Kier molecular flexibility index (Phi) is 1.66. The fraction of sp³-hybridized carbons (Fsp3) is 0.750. The van der Waals surface area contributed by atoms with Crippen molar-refractivity contribution in [1.29, 1.82) is 5.26 Å². The molecule has 1 heterocycles. The van der Waals surface area contributed by atoms with Gasteiger partial charge in [-0.1, -0.05) is 6.92 Å². The number of hydrogen-bond donors (Lipinski definition) is 1. The van der Waals surface area contributed by atoms with Crippen LogP contribution in [0.4, 0.5) is 0 Å². The molecule has 1 aliphatic heterocycles. The van der Waals surface area contributed by atoms with E-state index in [2.05, 4.69) is 0 Å². The van der Waals surface area contributed by atoms with Crippen molar-refractivity contribution in [3.8, 4) is 6.07 Å². The molecule has 3 atom stereocenters. The van der Waals surface area contributed by atoms with E-state index >= 15 is 0 Å². The van der Waals surface area contributed by atoms with Gasteiger partial charge in [-0.05, 0) is 13.8 Å². The topological polar surface area (TPSA) is 70.3 Å². The highest BCUT2D eigenvalue weighted by Gasteiger charge is 2.58. The van der Waals surface area contributed by atoms with Crippen molar-refractivity contribution in [2.75, 3.05) is 0 Å². The fourth-order valence-electron chi connectivity index (χ4n) is 1.22. The molecule has 66 valence electrons. The van der Waals surface area contributed by atoms with Gasteiger partial charge in [0.15, 0.2) is 5.60 Å². The highest BCUT2D eigenvalue weighted by atomic mass is 16.6. The lowest BCUT2D eigenvalue weighted by atomic mass is 9.82. The van der Waals surface area contributed by atoms with Gasteiger partial charge < -0.3 is 9.84 Å². The number of carbonyl (C=O) groups is 1. The second-order valence-corrected chi connectivity index (χ2v) is 3.48. The van der Waals surface area contributed by atoms with E-state index in [1.807, 2.05) is 6.07 Å². The van der Waals surface area contributed by atoms with Crippen LogP contribution in [0.3, 0.4) is 0 Å². The molecule has 0 bridgehead atoms. The minimum Gasteiger partial charge on any atom is -0.441 e. The van der Waals surface area contributed by atoms with Crippen LogP contribution in [-0.2, 0) is 9.53 Å². The molecule has 1 rings (SSSR count). The van der Waals surface area contributed by atoms with Crippen LogP contribution in [0.15, 0.2) is 0 Å². The van der Waals surface area contributed by atoms with E-state index in [9.17, 15) is 9.90 Å². The van der Waals surface area contributed by atoms with Gasteiger partial charge in [-0.25, -0.2) is 4.79 Å². The second kappa shape index (κ2) is 2.20. The standard InChI is InChI=1S/C8H11NO3/c1-5-7(2,4-9)12-6(10)8(5,3)11/h5,11H,1-3H3/t5-,7+,8-/m1/s1. The molecule has 4 nitrogen and oxygen atoms in total. The summed E-state index contributed by atoms with van der Waals surface area (Å²) in [5.74, 6) is -1.23. The largest absolute Gasteiger partial charge is 0.441 e. The van der Waals surface area contributed by atoms with Gasteiger partial charge in [-0.3, -0.25) is 0 Å². The van der Waals surface area contributed by atoms with Crippen molar-refractivity contribution in [3.63, 3.8) is 0 Å². The second-order valence-electron chi connectivity index (χ2n) is 3.48. The number of nitrogens with zero attached hydrogens (tertiary/aromatic N) is 1. The highest BCUT2D eigenvalue weighted by Crippen LogP contribution is 2.38. The number of carbonyl (C=O) groups excluding carboxylic acids is 1. The Morgan fingerprint density at radius 2 is 2.17 bits per heavy atom. The van der Waals surface area contributed by atoms with Gasteiger partial charge in [-0.15, -0.1) is 0 Å². The van der Waals surface area contributed by atoms with Gasteiger partial charge in [0.2, 0.25) is 5.60 Å². The maximum absolute atomic E-state index is 11.1. The quantitative estimate of drug-likeness (QED) is 0.526. The summed E-state index contributed by atoms with van der Waals surface area (Å²) in [6, 6.07) is 1.87. The van der Waals surface area contributed by atoms with Gasteiger partial charge in [0.25, 0.3) is 0 Å². The van der Waals surface area contributed by atoms with Crippen LogP contribution in [0.1, 0.15) is 20.8 Å². The van der Waals surface area contributed by atoms with Crippen molar-refractivity contribution in [1.82, 2.24) is 0 Å². The summed E-state index contributed by atoms with van der Waals surface area (Å²) in [5, 5.41) is 18.3. The molecular weight excluding hydrogens is 158 g/mol. The molecule has 1 saturated heterocycles. The molecule has 0 saturated carbocycles. The number of ether oxygens (including phenoxy) is 1. The van der Waals surface area contributed by atoms with Gasteiger partial charge in [0.1, 0.15) is 6.07 Å². The zero-order chi connectivity index (χ0) is 9.57. The predicted molar refractivity (Wildman–Crippen MR) is 39.9 cm³/mol. The Morgan fingerprint density at radius 1 is 1.67 bits per heavy atom. The van der Waals surface area contributed by atoms with Crippen LogP contribution < -0.4 is 0 Å². The molecule has 0 aromatic heterocycles. The summed E-state index contributed by atoms with van der Waals surface area (Å²) in [6.45, 7) is 4.48. The highest BCUT2D eigenvalue weighted by molar-refractivity contribution is 5.82. The average Bonchev–Trinajstić information content (AvgIpc) is 2.14. The Hall–Kier alpha value is -1.08. The smallest absolute Gasteiger partial charge is 0.339 e. The molecule has 0 aliphatic carbocycles. The van der Waals surface area contributed by atoms with Crippen molar-refractivity contribution < 1.29 is 14.6 Å². The Balaban J connectivity index is 3.08. The van der Waals surface area contributed by atoms with Crippen LogP contribution in [-0.4, -0.2) is 22.3 Å². The Bertz CT molecular complexity index is 266.